The molecule has 12 aromatic rings. The van der Waals surface area contributed by atoms with Crippen molar-refractivity contribution in [3.05, 3.63) is 348 Å². The van der Waals surface area contributed by atoms with Gasteiger partial charge < -0.3 is 106 Å². The van der Waals surface area contributed by atoms with E-state index in [2.05, 4.69) is 105 Å². The van der Waals surface area contributed by atoms with Gasteiger partial charge in [-0.2, -0.15) is 0 Å². The number of aromatic nitrogens is 4. The van der Waals surface area contributed by atoms with E-state index in [0.29, 0.717) is 52.4 Å². The molecule has 35 heteroatoms. The summed E-state index contributed by atoms with van der Waals surface area (Å²) in [4.78, 5) is 42.7. The van der Waals surface area contributed by atoms with Gasteiger partial charge in [-0.1, -0.05) is 295 Å². The van der Waals surface area contributed by atoms with Gasteiger partial charge in [-0.25, -0.2) is 19.9 Å². The first-order valence-corrected chi connectivity index (χ1v) is 47.4. The number of carbonyl (C=O) groups is 2. The van der Waals surface area contributed by atoms with Crippen molar-refractivity contribution >= 4 is 122 Å². The third kappa shape index (κ3) is 15.9. The van der Waals surface area contributed by atoms with Crippen molar-refractivity contribution in [2.24, 2.45) is 29.4 Å². The Labute approximate surface area is 845 Å². The third-order valence-corrected chi connectivity index (χ3v) is 30.2. The molecule has 0 spiro atoms. The highest BCUT2D eigenvalue weighted by atomic mass is 79.9. The lowest BCUT2D eigenvalue weighted by atomic mass is 9.71. The van der Waals surface area contributed by atoms with Crippen LogP contribution in [0.2, 0.25) is 20.6 Å². The molecule has 0 radical (unpaired) electrons. The quantitative estimate of drug-likeness (QED) is 0.0355. The average Bonchev–Trinajstić information content (AvgIpc) is 1.53. The van der Waals surface area contributed by atoms with Gasteiger partial charge in [-0.05, 0) is 114 Å². The molecule has 20 rings (SSSR count). The number of aliphatic hydroxyl groups is 8. The number of carbonyl (C=O) groups excluding carboxylic acids is 1. The zero-order valence-electron chi connectivity index (χ0n) is 73.4. The van der Waals surface area contributed by atoms with Crippen LogP contribution in [0.5, 0.6) is 46.5 Å². The van der Waals surface area contributed by atoms with Gasteiger partial charge in [0.15, 0.2) is 44.8 Å². The summed E-state index contributed by atoms with van der Waals surface area (Å²) in [6.07, 6.45) is -5.67. The Bertz CT molecular complexity index is 6200. The standard InChI is InChI=1S/C25H22BrClN2O5.2C25H24BrClN2O4.C24H19BrClNO6.CH5N.2CH4/c1-28-22(31)18-19(13-6-4-3-5-7-13)25(14-8-10-15(26)11-9-14)24(32,21(18)30)20-16(34-25)12-17(27)29-23(20)33-2;2*1-28-13-17-20(14-6-4-3-5-7-14)25(15-8-10-16(26)11-9-15)24(31,22(17)30)21-18(33-25)12-19(27)29-23(21)32-2;1-32-21-19-15(11-16(26)27-21)33-24(13-7-9-14(25)10-8-13)18(12-5-3-2-4-6-12)17(22(29)30)20(28)23(19,24)31;1-2;;/h3-12,18-19,21,30,32H,1-2H3,(H,28,31);2*3-12,17,20,22,28,30-31H,13H2,1-2H3;2-11,17-18,20,28,31H,1H3,(H,29,30);2H2,1H3;2*1H4/t18-,19-,21-,24+,25+;2*17-,20-,22-,24+,25+;17-,18-,20-,23+,24+;;;/m1111.../s1. The number of nitrogens with one attached hydrogen (secondary N) is 3. The van der Waals surface area contributed by atoms with Crippen LogP contribution in [0.3, 0.4) is 0 Å². The maximum absolute atomic E-state index is 13.2. The molecule has 0 unspecified atom stereocenters. The first-order valence-electron chi connectivity index (χ1n) is 42.7. The molecular weight excluding hydrogens is 2100 g/mol. The number of aliphatic carboxylic acids is 1. The molecule has 8 heterocycles. The lowest BCUT2D eigenvalue weighted by molar-refractivity contribution is -0.159. The Morgan fingerprint density at radius 3 is 0.810 bits per heavy atom. The van der Waals surface area contributed by atoms with Crippen molar-refractivity contribution in [2.75, 3.05) is 69.7 Å². The fourth-order valence-corrected chi connectivity index (χ4v) is 24.1. The number of carboxylic acids is 1. The number of carboxylic acid groups (broad SMARTS) is 1. The minimum atomic E-state index is -2.21. The van der Waals surface area contributed by atoms with Crippen LogP contribution in [-0.4, -0.2) is 172 Å². The Kier molecular flexibility index (Phi) is 30.5. The topological polar surface area (TPSA) is 404 Å². The lowest BCUT2D eigenvalue weighted by Crippen LogP contribution is -2.52. The number of fused-ring (bicyclic) bond motifs is 12. The Morgan fingerprint density at radius 2 is 0.584 bits per heavy atom. The molecule has 1 amide bonds. The van der Waals surface area contributed by atoms with Crippen molar-refractivity contribution in [1.29, 1.82) is 0 Å². The number of rotatable bonds is 18. The van der Waals surface area contributed by atoms with Crippen molar-refractivity contribution in [1.82, 2.24) is 35.9 Å². The number of hydrogen-bond acceptors (Lipinski definition) is 25. The molecule has 137 heavy (non-hydrogen) atoms. The number of benzene rings is 8. The van der Waals surface area contributed by atoms with Crippen LogP contribution in [0.4, 0.5) is 0 Å². The second-order valence-corrected chi connectivity index (χ2v) is 38.7. The minimum absolute atomic E-state index is 0. The van der Waals surface area contributed by atoms with Crippen LogP contribution in [0.25, 0.3) is 0 Å². The monoisotopic (exact) mass is 2200 g/mol. The summed E-state index contributed by atoms with van der Waals surface area (Å²) in [6, 6.07) is 73.4. The van der Waals surface area contributed by atoms with E-state index in [9.17, 15) is 55.5 Å². The molecule has 14 N–H and O–H groups in total. The molecule has 20 atom stereocenters. The molecule has 4 aliphatic carbocycles. The molecule has 8 aliphatic rings. The van der Waals surface area contributed by atoms with Gasteiger partial charge in [0.05, 0.1) is 74.7 Å². The summed E-state index contributed by atoms with van der Waals surface area (Å²) < 4.78 is 51.9. The number of halogens is 8. The fourth-order valence-electron chi connectivity index (χ4n) is 22.4. The maximum Gasteiger partial charge on any atom is 0.310 e. The van der Waals surface area contributed by atoms with Crippen LogP contribution in [0.15, 0.2) is 261 Å². The summed E-state index contributed by atoms with van der Waals surface area (Å²) in [5, 5.41) is 117. The van der Waals surface area contributed by atoms with E-state index in [4.69, 9.17) is 84.3 Å². The Balaban J connectivity index is 0.000000144. The average molecular weight is 2210 g/mol. The number of pyridine rings is 4. The summed E-state index contributed by atoms with van der Waals surface area (Å²) in [6.45, 7) is 0.923. The van der Waals surface area contributed by atoms with E-state index in [1.165, 1.54) is 54.7 Å². The third-order valence-electron chi connectivity index (χ3n) is 27.3. The van der Waals surface area contributed by atoms with Crippen LogP contribution in [0.1, 0.15) is 105 Å². The number of aliphatic hydroxyl groups excluding tert-OH is 4. The number of amides is 1. The normalized spacial score (nSPS) is 28.9. The highest BCUT2D eigenvalue weighted by Gasteiger charge is 2.82. The molecule has 4 fully saturated rings. The maximum atomic E-state index is 13.2. The Hall–Kier alpha value is -9.66. The number of methoxy groups -OCH3 is 4. The van der Waals surface area contributed by atoms with E-state index >= 15 is 0 Å². The van der Waals surface area contributed by atoms with Crippen LogP contribution >= 0.6 is 110 Å². The molecule has 27 nitrogen and oxygen atoms in total. The highest BCUT2D eigenvalue weighted by Crippen LogP contribution is 2.75. The number of nitrogens with zero attached hydrogens (tertiary/aromatic N) is 4. The Morgan fingerprint density at radius 1 is 0.365 bits per heavy atom. The van der Waals surface area contributed by atoms with Gasteiger partial charge >= 0.3 is 5.97 Å². The van der Waals surface area contributed by atoms with Gasteiger partial charge in [-0.3, -0.25) is 9.59 Å². The van der Waals surface area contributed by atoms with Crippen molar-refractivity contribution < 1.29 is 93.4 Å². The van der Waals surface area contributed by atoms with E-state index in [0.717, 1.165) is 45.7 Å². The number of hydrogen-bond donors (Lipinski definition) is 13. The van der Waals surface area contributed by atoms with Crippen molar-refractivity contribution in [2.45, 2.75) is 108 Å². The van der Waals surface area contributed by atoms with Gasteiger partial charge in [0, 0.05) is 97.8 Å². The second kappa shape index (κ2) is 40.5. The van der Waals surface area contributed by atoms with Gasteiger partial charge in [0.1, 0.15) is 55.8 Å². The summed E-state index contributed by atoms with van der Waals surface area (Å²) >= 11 is 38.8. The summed E-state index contributed by atoms with van der Waals surface area (Å²) in [5.74, 6) is -6.07. The van der Waals surface area contributed by atoms with Crippen LogP contribution in [0, 0.1) is 23.7 Å². The molecule has 0 bridgehead atoms. The van der Waals surface area contributed by atoms with Gasteiger partial charge in [0.25, 0.3) is 0 Å². The van der Waals surface area contributed by atoms with E-state index < -0.39 is 117 Å². The fraction of sp³-hybridized carbons (Fsp3) is 0.314. The molecule has 4 aromatic heterocycles. The van der Waals surface area contributed by atoms with E-state index in [1.807, 2.05) is 166 Å². The minimum Gasteiger partial charge on any atom is -0.481 e. The second-order valence-electron chi connectivity index (χ2n) is 33.5. The predicted octanol–water partition coefficient (Wildman–Crippen LogP) is 16.1. The van der Waals surface area contributed by atoms with Crippen LogP contribution in [-0.2, 0) is 54.4 Å². The summed E-state index contributed by atoms with van der Waals surface area (Å²) in [7, 11) is 12.3. The molecule has 4 saturated carbocycles. The zero-order valence-corrected chi connectivity index (χ0v) is 82.8. The highest BCUT2D eigenvalue weighted by molar-refractivity contribution is 9.11. The SMILES string of the molecule is C.C.CN.CNC(=O)[C@H]1[C@@H](O)[C@@]2(O)c3c(cc(Cl)nc3OC)O[C@@]2(c2ccc(Br)cc2)[C@@H]1c1ccccc1.CNC[C@H]1[C@@H](O)[C@@]2(O)c3c(cc(Cl)nc3OC)O[C@@]2(c2ccc(Br)cc2)[C@@H]1c1ccccc1.CNC[C@H]1[C@@H](O)[C@@]2(O)c3c(cc(Cl)nc3OC)O[C@@]2(c2ccc(Br)cc2)[C@@H]1c1ccccc1.COc1nc(Cl)cc2c1[C@]1(O)[C@H](O)[C@H](C(=O)O)[C@@H](c3ccccc3)[C@]1(c1ccc(Br)cc1)O2. The molecule has 0 saturated heterocycles. The predicted molar refractivity (Wildman–Crippen MR) is 532 cm³/mol. The smallest absolute Gasteiger partial charge is 0.310 e. The molecule has 720 valence electrons. The van der Waals surface area contributed by atoms with E-state index in [-0.39, 0.29) is 93.4 Å². The largest absolute Gasteiger partial charge is 0.481 e. The number of nitrogens with two attached hydrogens (primary N) is 1. The van der Waals surface area contributed by atoms with Gasteiger partial charge in [-0.15, -0.1) is 0 Å². The molecule has 8 aromatic carbocycles. The van der Waals surface area contributed by atoms with Crippen molar-refractivity contribution in [3.8, 4) is 46.5 Å². The van der Waals surface area contributed by atoms with Crippen LogP contribution < -0.4 is 59.6 Å². The van der Waals surface area contributed by atoms with Gasteiger partial charge in [0.2, 0.25) is 29.4 Å². The molecule has 4 aliphatic heterocycles. The lowest BCUT2D eigenvalue weighted by Gasteiger charge is -2.41. The zero-order chi connectivity index (χ0) is 96.6. The first-order chi connectivity index (χ1) is 64.8. The number of ether oxygens (including phenoxy) is 8. The van der Waals surface area contributed by atoms with E-state index in [1.54, 1.807) is 78.9 Å². The summed E-state index contributed by atoms with van der Waals surface area (Å²) in [5.41, 5.74) is -2.92. The first kappa shape index (κ1) is 103. The molecular formula is C102H102Br4Cl4N8O19. The van der Waals surface area contributed by atoms with Crippen molar-refractivity contribution in [3.63, 3.8) is 0 Å².